The van der Waals surface area contributed by atoms with Crippen molar-refractivity contribution in [1.29, 1.82) is 0 Å². The van der Waals surface area contributed by atoms with Gasteiger partial charge in [-0.3, -0.25) is 4.79 Å². The monoisotopic (exact) mass is 269 g/mol. The summed E-state index contributed by atoms with van der Waals surface area (Å²) in [4.78, 5) is 12.5. The van der Waals surface area contributed by atoms with E-state index in [1.165, 1.54) is 0 Å². The third-order valence-electron chi connectivity index (χ3n) is 4.67. The molecular formula is C15H27NO3. The standard InChI is InChI=1S/C15H27NO3/c1-10-8-12(9-11(2)18-10)19-14(17)15(3)7-5-4-6-13(15)16/h10-13H,4-9,16H2,1-3H3. The summed E-state index contributed by atoms with van der Waals surface area (Å²) < 4.78 is 11.4. The van der Waals surface area contributed by atoms with Crippen molar-refractivity contribution >= 4 is 5.97 Å². The Labute approximate surface area is 116 Å². The van der Waals surface area contributed by atoms with Gasteiger partial charge in [0.25, 0.3) is 0 Å². The van der Waals surface area contributed by atoms with Crippen LogP contribution in [0.1, 0.15) is 59.3 Å². The van der Waals surface area contributed by atoms with Crippen LogP contribution in [0.5, 0.6) is 0 Å². The molecule has 1 saturated carbocycles. The average molecular weight is 269 g/mol. The number of rotatable bonds is 2. The van der Waals surface area contributed by atoms with Gasteiger partial charge in [-0.25, -0.2) is 0 Å². The van der Waals surface area contributed by atoms with Crippen molar-refractivity contribution in [2.24, 2.45) is 11.1 Å². The molecule has 0 aromatic carbocycles. The van der Waals surface area contributed by atoms with E-state index in [9.17, 15) is 4.79 Å². The minimum atomic E-state index is -0.497. The highest BCUT2D eigenvalue weighted by Gasteiger charge is 2.43. The average Bonchev–Trinajstić information content (AvgIpc) is 2.31. The summed E-state index contributed by atoms with van der Waals surface area (Å²) in [7, 11) is 0. The van der Waals surface area contributed by atoms with E-state index in [0.29, 0.717) is 0 Å². The van der Waals surface area contributed by atoms with Crippen LogP contribution in [0.25, 0.3) is 0 Å². The van der Waals surface area contributed by atoms with Crippen LogP contribution in [-0.4, -0.2) is 30.3 Å². The van der Waals surface area contributed by atoms with Crippen LogP contribution in [-0.2, 0) is 14.3 Å². The van der Waals surface area contributed by atoms with Gasteiger partial charge in [-0.2, -0.15) is 0 Å². The minimum Gasteiger partial charge on any atom is -0.462 e. The molecule has 0 aromatic heterocycles. The van der Waals surface area contributed by atoms with Crippen molar-refractivity contribution in [2.45, 2.75) is 83.6 Å². The van der Waals surface area contributed by atoms with Gasteiger partial charge in [0.2, 0.25) is 0 Å². The molecule has 110 valence electrons. The Hall–Kier alpha value is -0.610. The van der Waals surface area contributed by atoms with Crippen LogP contribution in [0, 0.1) is 5.41 Å². The molecule has 2 fully saturated rings. The van der Waals surface area contributed by atoms with Crippen LogP contribution >= 0.6 is 0 Å². The van der Waals surface area contributed by atoms with Crippen molar-refractivity contribution in [3.63, 3.8) is 0 Å². The number of hydrogen-bond donors (Lipinski definition) is 1. The van der Waals surface area contributed by atoms with E-state index in [0.717, 1.165) is 38.5 Å². The van der Waals surface area contributed by atoms with Gasteiger partial charge < -0.3 is 15.2 Å². The quantitative estimate of drug-likeness (QED) is 0.782. The molecule has 19 heavy (non-hydrogen) atoms. The summed E-state index contributed by atoms with van der Waals surface area (Å²) >= 11 is 0. The molecule has 1 heterocycles. The zero-order chi connectivity index (χ0) is 14.0. The normalized spacial score (nSPS) is 43.8. The second kappa shape index (κ2) is 5.80. The number of nitrogens with two attached hydrogens (primary N) is 1. The van der Waals surface area contributed by atoms with E-state index in [2.05, 4.69) is 0 Å². The van der Waals surface area contributed by atoms with E-state index in [1.807, 2.05) is 20.8 Å². The fraction of sp³-hybridized carbons (Fsp3) is 0.933. The molecule has 1 aliphatic carbocycles. The van der Waals surface area contributed by atoms with Gasteiger partial charge in [-0.1, -0.05) is 12.8 Å². The fourth-order valence-corrected chi connectivity index (χ4v) is 3.34. The first kappa shape index (κ1) is 14.8. The van der Waals surface area contributed by atoms with Crippen LogP contribution in [0.4, 0.5) is 0 Å². The fourth-order valence-electron chi connectivity index (χ4n) is 3.34. The van der Waals surface area contributed by atoms with Gasteiger partial charge in [-0.05, 0) is 33.6 Å². The Kier molecular flexibility index (Phi) is 4.51. The van der Waals surface area contributed by atoms with E-state index >= 15 is 0 Å². The molecule has 4 nitrogen and oxygen atoms in total. The predicted octanol–water partition coefficient (Wildman–Crippen LogP) is 2.39. The third kappa shape index (κ3) is 3.29. The van der Waals surface area contributed by atoms with Crippen LogP contribution in [0.3, 0.4) is 0 Å². The first-order valence-electron chi connectivity index (χ1n) is 7.54. The van der Waals surface area contributed by atoms with Crippen molar-refractivity contribution < 1.29 is 14.3 Å². The van der Waals surface area contributed by atoms with Crippen LogP contribution in [0.2, 0.25) is 0 Å². The molecule has 2 rings (SSSR count). The number of ether oxygens (including phenoxy) is 2. The maximum atomic E-state index is 12.5. The van der Waals surface area contributed by atoms with Gasteiger partial charge in [0.05, 0.1) is 17.6 Å². The second-order valence-electron chi connectivity index (χ2n) is 6.53. The van der Waals surface area contributed by atoms with Gasteiger partial charge in [-0.15, -0.1) is 0 Å². The summed E-state index contributed by atoms with van der Waals surface area (Å²) in [6, 6.07) is -0.0663. The van der Waals surface area contributed by atoms with Crippen molar-refractivity contribution in [2.75, 3.05) is 0 Å². The zero-order valence-electron chi connectivity index (χ0n) is 12.4. The van der Waals surface area contributed by atoms with Crippen molar-refractivity contribution in [3.05, 3.63) is 0 Å². The number of carbonyl (C=O) groups excluding carboxylic acids is 1. The van der Waals surface area contributed by atoms with E-state index in [-0.39, 0.29) is 30.3 Å². The molecule has 0 spiro atoms. The van der Waals surface area contributed by atoms with Gasteiger partial charge >= 0.3 is 5.97 Å². The Bertz CT molecular complexity index is 323. The van der Waals surface area contributed by atoms with Crippen molar-refractivity contribution in [3.8, 4) is 0 Å². The lowest BCUT2D eigenvalue weighted by molar-refractivity contribution is -0.173. The summed E-state index contributed by atoms with van der Waals surface area (Å²) in [6.07, 6.45) is 5.85. The van der Waals surface area contributed by atoms with Gasteiger partial charge in [0.15, 0.2) is 0 Å². The molecule has 0 bridgehead atoms. The molecular weight excluding hydrogens is 242 g/mol. The molecule has 4 heteroatoms. The smallest absolute Gasteiger partial charge is 0.313 e. The first-order chi connectivity index (χ1) is 8.91. The topological polar surface area (TPSA) is 61.5 Å². The lowest BCUT2D eigenvalue weighted by Gasteiger charge is -2.39. The molecule has 1 aliphatic heterocycles. The Morgan fingerprint density at radius 2 is 1.89 bits per heavy atom. The summed E-state index contributed by atoms with van der Waals surface area (Å²) in [5.41, 5.74) is 5.65. The lowest BCUT2D eigenvalue weighted by Crippen LogP contribution is -2.50. The molecule has 0 amide bonds. The Balaban J connectivity index is 1.96. The summed E-state index contributed by atoms with van der Waals surface area (Å²) in [6.45, 7) is 6.03. The highest BCUT2D eigenvalue weighted by atomic mass is 16.6. The maximum absolute atomic E-state index is 12.5. The molecule has 2 N–H and O–H groups in total. The molecule has 0 radical (unpaired) electrons. The summed E-state index contributed by atoms with van der Waals surface area (Å²) in [5.74, 6) is -0.106. The third-order valence-corrected chi connectivity index (χ3v) is 4.67. The van der Waals surface area contributed by atoms with E-state index in [4.69, 9.17) is 15.2 Å². The minimum absolute atomic E-state index is 0.0165. The zero-order valence-corrected chi connectivity index (χ0v) is 12.4. The van der Waals surface area contributed by atoms with Crippen molar-refractivity contribution in [1.82, 2.24) is 0 Å². The Morgan fingerprint density at radius 1 is 1.26 bits per heavy atom. The molecule has 2 aliphatic rings. The molecule has 0 aromatic rings. The van der Waals surface area contributed by atoms with Crippen LogP contribution in [0.15, 0.2) is 0 Å². The number of esters is 1. The predicted molar refractivity (Wildman–Crippen MR) is 73.7 cm³/mol. The van der Waals surface area contributed by atoms with Gasteiger partial charge in [0.1, 0.15) is 6.10 Å². The van der Waals surface area contributed by atoms with Crippen LogP contribution < -0.4 is 5.73 Å². The number of hydrogen-bond acceptors (Lipinski definition) is 4. The summed E-state index contributed by atoms with van der Waals surface area (Å²) in [5, 5.41) is 0. The SMILES string of the molecule is CC1CC(OC(=O)C2(C)CCCCC2N)CC(C)O1. The highest BCUT2D eigenvalue weighted by molar-refractivity contribution is 5.77. The first-order valence-corrected chi connectivity index (χ1v) is 7.54. The molecule has 1 saturated heterocycles. The lowest BCUT2D eigenvalue weighted by atomic mass is 9.72. The Morgan fingerprint density at radius 3 is 2.47 bits per heavy atom. The molecule has 4 atom stereocenters. The highest BCUT2D eigenvalue weighted by Crippen LogP contribution is 2.37. The molecule has 4 unspecified atom stereocenters. The van der Waals surface area contributed by atoms with E-state index in [1.54, 1.807) is 0 Å². The second-order valence-corrected chi connectivity index (χ2v) is 6.53. The largest absolute Gasteiger partial charge is 0.462 e. The van der Waals surface area contributed by atoms with E-state index < -0.39 is 5.41 Å². The maximum Gasteiger partial charge on any atom is 0.313 e. The van der Waals surface area contributed by atoms with Gasteiger partial charge in [0, 0.05) is 18.9 Å². The number of carbonyl (C=O) groups is 1.